The Balaban J connectivity index is 4.46. The molecule has 0 bridgehead atoms. The Morgan fingerprint density at radius 3 is 2.14 bits per heavy atom. The maximum Gasteiger partial charge on any atom is 0.305 e. The van der Waals surface area contributed by atoms with Crippen LogP contribution in [-0.2, 0) is 14.0 Å². The molecule has 1 atom stereocenters. The molecule has 0 aromatic heterocycles. The van der Waals surface area contributed by atoms with Crippen molar-refractivity contribution in [3.05, 3.63) is 0 Å². The van der Waals surface area contributed by atoms with E-state index in [2.05, 4.69) is 40.8 Å². The predicted octanol–water partition coefficient (Wildman–Crippen LogP) is 5.69. The van der Waals surface area contributed by atoms with Crippen molar-refractivity contribution in [2.45, 2.75) is 104 Å². The van der Waals surface area contributed by atoms with E-state index in [1.165, 1.54) is 19.3 Å². The monoisotopic (exact) mass is 330 g/mol. The van der Waals surface area contributed by atoms with Gasteiger partial charge in [-0.1, -0.05) is 47.0 Å². The third kappa shape index (κ3) is 8.94. The zero-order chi connectivity index (χ0) is 17.2. The third-order valence-corrected chi connectivity index (χ3v) is 9.14. The molecule has 0 radical (unpaired) electrons. The first-order valence-corrected chi connectivity index (χ1v) is 11.9. The van der Waals surface area contributed by atoms with Crippen LogP contribution in [0.4, 0.5) is 0 Å². The van der Waals surface area contributed by atoms with Crippen molar-refractivity contribution >= 4 is 14.3 Å². The van der Waals surface area contributed by atoms with Crippen LogP contribution in [0.5, 0.6) is 0 Å². The van der Waals surface area contributed by atoms with Gasteiger partial charge in [-0.15, -0.1) is 0 Å². The van der Waals surface area contributed by atoms with Crippen LogP contribution in [0.2, 0.25) is 18.1 Å². The summed E-state index contributed by atoms with van der Waals surface area (Å²) < 4.78 is 11.6. The van der Waals surface area contributed by atoms with Gasteiger partial charge in [-0.05, 0) is 44.3 Å². The molecule has 3 nitrogen and oxygen atoms in total. The highest BCUT2D eigenvalue weighted by Gasteiger charge is 2.38. The fraction of sp³-hybridized carbons (Fsp3) is 0.944. The van der Waals surface area contributed by atoms with Gasteiger partial charge >= 0.3 is 5.97 Å². The Morgan fingerprint density at radius 1 is 1.05 bits per heavy atom. The molecule has 0 aliphatic heterocycles. The van der Waals surface area contributed by atoms with Gasteiger partial charge in [-0.3, -0.25) is 4.79 Å². The molecule has 0 spiro atoms. The Morgan fingerprint density at radius 2 is 1.64 bits per heavy atom. The van der Waals surface area contributed by atoms with Gasteiger partial charge in [0.2, 0.25) is 0 Å². The fourth-order valence-corrected chi connectivity index (χ4v) is 3.61. The lowest BCUT2D eigenvalue weighted by Gasteiger charge is -2.39. The van der Waals surface area contributed by atoms with Crippen LogP contribution < -0.4 is 0 Å². The van der Waals surface area contributed by atoms with Crippen molar-refractivity contribution in [2.75, 3.05) is 6.61 Å². The van der Waals surface area contributed by atoms with Gasteiger partial charge in [0.1, 0.15) is 0 Å². The zero-order valence-electron chi connectivity index (χ0n) is 16.0. The van der Waals surface area contributed by atoms with Crippen LogP contribution in [0.25, 0.3) is 0 Å². The molecular weight excluding hydrogens is 292 g/mol. The molecule has 0 N–H and O–H groups in total. The van der Waals surface area contributed by atoms with Crippen LogP contribution in [0.1, 0.15) is 79.6 Å². The number of ether oxygens (including phenoxy) is 1. The molecule has 0 amide bonds. The molecule has 0 aromatic carbocycles. The Labute approximate surface area is 139 Å². The van der Waals surface area contributed by atoms with Crippen molar-refractivity contribution in [3.8, 4) is 0 Å². The molecule has 132 valence electrons. The first kappa shape index (κ1) is 21.6. The van der Waals surface area contributed by atoms with Gasteiger partial charge in [0.05, 0.1) is 6.61 Å². The van der Waals surface area contributed by atoms with E-state index in [-0.39, 0.29) is 11.0 Å². The van der Waals surface area contributed by atoms with E-state index in [0.29, 0.717) is 19.1 Å². The number of carbonyl (C=O) groups excluding carboxylic acids is 1. The second-order valence-electron chi connectivity index (χ2n) is 7.69. The summed E-state index contributed by atoms with van der Waals surface area (Å²) in [6.45, 7) is 16.0. The Bertz CT molecular complexity index is 308. The first-order valence-electron chi connectivity index (χ1n) is 8.97. The third-order valence-electron chi connectivity index (χ3n) is 4.61. The smallest absolute Gasteiger partial charge is 0.305 e. The average molecular weight is 331 g/mol. The first-order chi connectivity index (χ1) is 10.1. The number of esters is 1. The largest absolute Gasteiger partial charge is 0.466 e. The highest BCUT2D eigenvalue weighted by atomic mass is 28.4. The van der Waals surface area contributed by atoms with Crippen LogP contribution in [-0.4, -0.2) is 27.0 Å². The fourth-order valence-electron chi connectivity index (χ4n) is 2.18. The average Bonchev–Trinajstić information content (AvgIpc) is 2.37. The molecule has 0 saturated heterocycles. The maximum atomic E-state index is 11.5. The highest BCUT2D eigenvalue weighted by molar-refractivity contribution is 6.74. The van der Waals surface area contributed by atoms with Crippen molar-refractivity contribution in [3.63, 3.8) is 0 Å². The lowest BCUT2D eigenvalue weighted by Crippen LogP contribution is -2.44. The van der Waals surface area contributed by atoms with Gasteiger partial charge < -0.3 is 9.16 Å². The quantitative estimate of drug-likeness (QED) is 0.277. The lowest BCUT2D eigenvalue weighted by molar-refractivity contribution is -0.143. The molecule has 0 aromatic rings. The molecular formula is C18H38O3Si. The van der Waals surface area contributed by atoms with Crippen molar-refractivity contribution in [2.24, 2.45) is 0 Å². The SMILES string of the molecule is CCCCC[C@H](CCCC(=O)OCC)O[Si](C)(C)C(C)(C)C. The van der Waals surface area contributed by atoms with Crippen LogP contribution in [0, 0.1) is 0 Å². The molecule has 22 heavy (non-hydrogen) atoms. The van der Waals surface area contributed by atoms with Crippen molar-refractivity contribution in [1.82, 2.24) is 0 Å². The van der Waals surface area contributed by atoms with Crippen LogP contribution in [0.3, 0.4) is 0 Å². The molecule has 0 aliphatic carbocycles. The van der Waals surface area contributed by atoms with E-state index < -0.39 is 8.32 Å². The molecule has 0 saturated carbocycles. The summed E-state index contributed by atoms with van der Waals surface area (Å²) in [4.78, 5) is 11.5. The van der Waals surface area contributed by atoms with E-state index in [9.17, 15) is 4.79 Å². The molecule has 0 fully saturated rings. The Kier molecular flexibility index (Phi) is 10.3. The number of carbonyl (C=O) groups is 1. The molecule has 0 aliphatic rings. The number of hydrogen-bond acceptors (Lipinski definition) is 3. The van der Waals surface area contributed by atoms with Crippen LogP contribution in [0.15, 0.2) is 0 Å². The van der Waals surface area contributed by atoms with E-state index in [1.807, 2.05) is 6.92 Å². The summed E-state index contributed by atoms with van der Waals surface area (Å²) in [5.41, 5.74) is 0. The van der Waals surface area contributed by atoms with Crippen molar-refractivity contribution < 1.29 is 14.0 Å². The second-order valence-corrected chi connectivity index (χ2v) is 12.4. The van der Waals surface area contributed by atoms with Crippen LogP contribution >= 0.6 is 0 Å². The van der Waals surface area contributed by atoms with Gasteiger partial charge in [-0.25, -0.2) is 0 Å². The number of unbranched alkanes of at least 4 members (excludes halogenated alkanes) is 2. The summed E-state index contributed by atoms with van der Waals surface area (Å²) in [7, 11) is -1.74. The number of rotatable bonds is 11. The van der Waals surface area contributed by atoms with Gasteiger partial charge in [-0.2, -0.15) is 0 Å². The summed E-state index contributed by atoms with van der Waals surface area (Å²) in [5, 5.41) is 0.233. The van der Waals surface area contributed by atoms with E-state index in [0.717, 1.165) is 19.3 Å². The molecule has 0 unspecified atom stereocenters. The van der Waals surface area contributed by atoms with Gasteiger partial charge in [0.25, 0.3) is 0 Å². The minimum atomic E-state index is -1.74. The summed E-state index contributed by atoms with van der Waals surface area (Å²) in [6.07, 6.45) is 7.46. The van der Waals surface area contributed by atoms with Gasteiger partial charge in [0.15, 0.2) is 8.32 Å². The Hall–Kier alpha value is -0.353. The van der Waals surface area contributed by atoms with E-state index in [1.54, 1.807) is 0 Å². The topological polar surface area (TPSA) is 35.5 Å². The molecule has 0 heterocycles. The second kappa shape index (κ2) is 10.4. The summed E-state index contributed by atoms with van der Waals surface area (Å²) >= 11 is 0. The highest BCUT2D eigenvalue weighted by Crippen LogP contribution is 2.38. The van der Waals surface area contributed by atoms with Crippen molar-refractivity contribution in [1.29, 1.82) is 0 Å². The number of hydrogen-bond donors (Lipinski definition) is 0. The van der Waals surface area contributed by atoms with Gasteiger partial charge in [0, 0.05) is 12.5 Å². The lowest BCUT2D eigenvalue weighted by atomic mass is 10.1. The summed E-state index contributed by atoms with van der Waals surface area (Å²) in [5.74, 6) is -0.0814. The molecule has 0 rings (SSSR count). The minimum absolute atomic E-state index is 0.0814. The normalized spacial score (nSPS) is 14.0. The zero-order valence-corrected chi connectivity index (χ0v) is 17.0. The molecule has 4 heteroatoms. The van der Waals surface area contributed by atoms with E-state index in [4.69, 9.17) is 9.16 Å². The maximum absolute atomic E-state index is 11.5. The summed E-state index contributed by atoms with van der Waals surface area (Å²) in [6, 6.07) is 0. The minimum Gasteiger partial charge on any atom is -0.466 e. The van der Waals surface area contributed by atoms with E-state index >= 15 is 0 Å². The standard InChI is InChI=1S/C18H38O3Si/c1-8-10-11-13-16(14-12-15-17(19)20-9-2)21-22(6,7)18(3,4)5/h16H,8-15H2,1-7H3/t16-/m1/s1. The predicted molar refractivity (Wildman–Crippen MR) is 96.7 cm³/mol.